The maximum atomic E-state index is 13.8. The fourth-order valence-corrected chi connectivity index (χ4v) is 3.84. The Morgan fingerprint density at radius 2 is 1.03 bits per heavy atom. The molecule has 0 aromatic heterocycles. The van der Waals surface area contributed by atoms with Crippen molar-refractivity contribution in [2.24, 2.45) is 5.92 Å². The summed E-state index contributed by atoms with van der Waals surface area (Å²) in [5.74, 6) is -2.60. The van der Waals surface area contributed by atoms with Crippen LogP contribution in [0.2, 0.25) is 10.0 Å². The molecule has 3 rings (SSSR count). The predicted molar refractivity (Wildman–Crippen MR) is 126 cm³/mol. The van der Waals surface area contributed by atoms with Crippen LogP contribution >= 0.6 is 23.2 Å². The SMILES string of the molecule is CC(=O)O[C@@H](c1ccc(Cl)cc1)C(C(=O)c1ccccc1)[C@@H](OC(C)=O)c1ccc(Cl)cc1. The van der Waals surface area contributed by atoms with Gasteiger partial charge in [0, 0.05) is 29.5 Å². The third-order valence-corrected chi connectivity index (χ3v) is 5.50. The number of ketones is 1. The van der Waals surface area contributed by atoms with E-state index in [0.717, 1.165) is 0 Å². The third-order valence-electron chi connectivity index (χ3n) is 5.00. The van der Waals surface area contributed by atoms with E-state index in [1.165, 1.54) is 13.8 Å². The Kier molecular flexibility index (Phi) is 8.26. The molecule has 0 bridgehead atoms. The summed E-state index contributed by atoms with van der Waals surface area (Å²) in [5, 5.41) is 0.973. The van der Waals surface area contributed by atoms with Crippen LogP contribution in [0, 0.1) is 5.92 Å². The summed E-state index contributed by atoms with van der Waals surface area (Å²) in [4.78, 5) is 38.0. The molecular weight excluding hydrogens is 463 g/mol. The first-order chi connectivity index (χ1) is 15.8. The van der Waals surface area contributed by atoms with Crippen molar-refractivity contribution in [1.29, 1.82) is 0 Å². The topological polar surface area (TPSA) is 69.7 Å². The zero-order valence-electron chi connectivity index (χ0n) is 18.0. The van der Waals surface area contributed by atoms with Crippen molar-refractivity contribution in [3.63, 3.8) is 0 Å². The summed E-state index contributed by atoms with van der Waals surface area (Å²) < 4.78 is 11.3. The maximum Gasteiger partial charge on any atom is 0.303 e. The number of hydrogen-bond donors (Lipinski definition) is 0. The largest absolute Gasteiger partial charge is 0.457 e. The van der Waals surface area contributed by atoms with Crippen molar-refractivity contribution < 1.29 is 23.9 Å². The molecular formula is C26H22Cl2O5. The molecule has 0 aliphatic rings. The highest BCUT2D eigenvalue weighted by atomic mass is 35.5. The van der Waals surface area contributed by atoms with Crippen molar-refractivity contribution in [3.05, 3.63) is 106 Å². The molecule has 0 aliphatic carbocycles. The van der Waals surface area contributed by atoms with Crippen LogP contribution in [-0.4, -0.2) is 17.7 Å². The van der Waals surface area contributed by atoms with Crippen LogP contribution in [0.25, 0.3) is 0 Å². The van der Waals surface area contributed by atoms with Gasteiger partial charge in [0.15, 0.2) is 5.78 Å². The molecule has 0 spiro atoms. The predicted octanol–water partition coefficient (Wildman–Crippen LogP) is 6.40. The van der Waals surface area contributed by atoms with E-state index >= 15 is 0 Å². The van der Waals surface area contributed by atoms with E-state index in [4.69, 9.17) is 32.7 Å². The molecule has 0 radical (unpaired) electrons. The van der Waals surface area contributed by atoms with Gasteiger partial charge in [-0.25, -0.2) is 0 Å². The lowest BCUT2D eigenvalue weighted by molar-refractivity contribution is -0.157. The summed E-state index contributed by atoms with van der Waals surface area (Å²) in [7, 11) is 0. The smallest absolute Gasteiger partial charge is 0.303 e. The lowest BCUT2D eigenvalue weighted by atomic mass is 9.81. The van der Waals surface area contributed by atoms with E-state index in [1.807, 2.05) is 0 Å². The van der Waals surface area contributed by atoms with Gasteiger partial charge in [0.05, 0.1) is 0 Å². The Labute approximate surface area is 202 Å². The minimum Gasteiger partial charge on any atom is -0.457 e. The molecule has 0 saturated carbocycles. The lowest BCUT2D eigenvalue weighted by Crippen LogP contribution is -2.33. The Balaban J connectivity index is 2.21. The first-order valence-electron chi connectivity index (χ1n) is 10.2. The summed E-state index contributed by atoms with van der Waals surface area (Å²) in [5.41, 5.74) is 1.46. The number of halogens is 2. The number of benzene rings is 3. The summed E-state index contributed by atoms with van der Waals surface area (Å²) in [6.45, 7) is 2.52. The van der Waals surface area contributed by atoms with E-state index < -0.39 is 30.1 Å². The third kappa shape index (κ3) is 6.44. The van der Waals surface area contributed by atoms with Gasteiger partial charge < -0.3 is 9.47 Å². The molecule has 0 aliphatic heterocycles. The number of rotatable bonds is 8. The van der Waals surface area contributed by atoms with Gasteiger partial charge >= 0.3 is 11.9 Å². The van der Waals surface area contributed by atoms with E-state index in [2.05, 4.69) is 0 Å². The summed E-state index contributed by atoms with van der Waals surface area (Å²) >= 11 is 12.1. The molecule has 0 unspecified atom stereocenters. The van der Waals surface area contributed by atoms with Crippen LogP contribution < -0.4 is 0 Å². The summed E-state index contributed by atoms with van der Waals surface area (Å²) in [6.07, 6.45) is -2.10. The first-order valence-corrected chi connectivity index (χ1v) is 11.0. The molecule has 2 atom stereocenters. The molecule has 170 valence electrons. The molecule has 5 nitrogen and oxygen atoms in total. The molecule has 0 amide bonds. The Bertz CT molecular complexity index is 1050. The van der Waals surface area contributed by atoms with Gasteiger partial charge in [-0.3, -0.25) is 14.4 Å². The standard InChI is InChI=1S/C26H22Cl2O5/c1-16(29)32-25(19-8-12-21(27)13-9-19)23(24(31)18-6-4-3-5-7-18)26(33-17(2)30)20-10-14-22(28)15-11-20/h3-15,23,25-26H,1-2H3/t25-,26-/m0/s1. The minimum atomic E-state index is -1.08. The van der Waals surface area contributed by atoms with Crippen molar-refractivity contribution in [2.75, 3.05) is 0 Å². The second-order valence-electron chi connectivity index (χ2n) is 7.42. The van der Waals surface area contributed by atoms with Crippen molar-refractivity contribution in [3.8, 4) is 0 Å². The van der Waals surface area contributed by atoms with Crippen LogP contribution in [0.1, 0.15) is 47.5 Å². The lowest BCUT2D eigenvalue weighted by Gasteiger charge is -2.32. The van der Waals surface area contributed by atoms with Gasteiger partial charge in [0.2, 0.25) is 0 Å². The van der Waals surface area contributed by atoms with E-state index in [9.17, 15) is 14.4 Å². The fraction of sp³-hybridized carbons (Fsp3) is 0.192. The van der Waals surface area contributed by atoms with Gasteiger partial charge in [-0.1, -0.05) is 77.8 Å². The zero-order chi connectivity index (χ0) is 24.0. The molecule has 7 heteroatoms. The van der Waals surface area contributed by atoms with E-state index in [-0.39, 0.29) is 5.78 Å². The van der Waals surface area contributed by atoms with Crippen LogP contribution in [0.15, 0.2) is 78.9 Å². The first kappa shape index (κ1) is 24.5. The van der Waals surface area contributed by atoms with Gasteiger partial charge in [-0.2, -0.15) is 0 Å². The number of carbonyl (C=O) groups excluding carboxylic acids is 3. The van der Waals surface area contributed by atoms with Crippen molar-refractivity contribution in [2.45, 2.75) is 26.1 Å². The molecule has 0 heterocycles. The van der Waals surface area contributed by atoms with Crippen LogP contribution in [-0.2, 0) is 19.1 Å². The van der Waals surface area contributed by atoms with Gasteiger partial charge in [0.25, 0.3) is 0 Å². The van der Waals surface area contributed by atoms with E-state index in [0.29, 0.717) is 26.7 Å². The maximum absolute atomic E-state index is 13.8. The number of carbonyl (C=O) groups is 3. The van der Waals surface area contributed by atoms with Gasteiger partial charge in [-0.15, -0.1) is 0 Å². The number of Topliss-reactive ketones (excluding diaryl/α,β-unsaturated/α-hetero) is 1. The zero-order valence-corrected chi connectivity index (χ0v) is 19.5. The van der Waals surface area contributed by atoms with Gasteiger partial charge in [0.1, 0.15) is 18.1 Å². The van der Waals surface area contributed by atoms with Crippen LogP contribution in [0.5, 0.6) is 0 Å². The number of esters is 2. The normalized spacial score (nSPS) is 12.6. The van der Waals surface area contributed by atoms with Crippen molar-refractivity contribution in [1.82, 2.24) is 0 Å². The summed E-state index contributed by atoms with van der Waals surface area (Å²) in [6, 6.07) is 21.8. The number of ether oxygens (including phenoxy) is 2. The quantitative estimate of drug-likeness (QED) is 0.273. The fourth-order valence-electron chi connectivity index (χ4n) is 3.59. The highest BCUT2D eigenvalue weighted by Gasteiger charge is 2.41. The second-order valence-corrected chi connectivity index (χ2v) is 8.29. The molecule has 0 N–H and O–H groups in total. The minimum absolute atomic E-state index is 0.349. The van der Waals surface area contributed by atoms with Crippen LogP contribution in [0.4, 0.5) is 0 Å². The molecule has 0 saturated heterocycles. The molecule has 33 heavy (non-hydrogen) atoms. The van der Waals surface area contributed by atoms with Gasteiger partial charge in [-0.05, 0) is 35.4 Å². The average Bonchev–Trinajstić information content (AvgIpc) is 2.79. The Hall–Kier alpha value is -3.15. The highest BCUT2D eigenvalue weighted by Crippen LogP contribution is 2.41. The highest BCUT2D eigenvalue weighted by molar-refractivity contribution is 6.30. The monoisotopic (exact) mass is 484 g/mol. The Morgan fingerprint density at radius 1 is 0.636 bits per heavy atom. The average molecular weight is 485 g/mol. The van der Waals surface area contributed by atoms with Crippen molar-refractivity contribution >= 4 is 40.9 Å². The second kappa shape index (κ2) is 11.1. The molecule has 3 aromatic carbocycles. The number of hydrogen-bond acceptors (Lipinski definition) is 5. The molecule has 3 aromatic rings. The van der Waals surface area contributed by atoms with E-state index in [1.54, 1.807) is 78.9 Å². The molecule has 0 fully saturated rings. The van der Waals surface area contributed by atoms with Crippen LogP contribution in [0.3, 0.4) is 0 Å². The Morgan fingerprint density at radius 3 is 1.39 bits per heavy atom.